The molecule has 1 aromatic carbocycles. The molecule has 0 fully saturated rings. The van der Waals surface area contributed by atoms with E-state index in [1.807, 2.05) is 0 Å². The van der Waals surface area contributed by atoms with Crippen LogP contribution in [0.3, 0.4) is 0 Å². The smallest absolute Gasteiger partial charge is 0.236 e. The molecule has 0 aliphatic carbocycles. The van der Waals surface area contributed by atoms with Crippen LogP contribution in [0.25, 0.3) is 0 Å². The molecular weight excluding hydrogens is 317 g/mol. The quantitative estimate of drug-likeness (QED) is 0.672. The van der Waals surface area contributed by atoms with Gasteiger partial charge < -0.3 is 5.11 Å². The highest BCUT2D eigenvalue weighted by Crippen LogP contribution is 2.31. The second-order valence-electron chi connectivity index (χ2n) is 2.68. The summed E-state index contributed by atoms with van der Waals surface area (Å²) >= 11 is 2.74. The molecule has 0 unspecified atom stereocenters. The molecule has 0 amide bonds. The van der Waals surface area contributed by atoms with Gasteiger partial charge in [-0.25, -0.2) is 12.8 Å². The molecule has 0 aromatic heterocycles. The van der Waals surface area contributed by atoms with Gasteiger partial charge in [-0.15, -0.1) is 0 Å². The molecule has 3 nitrogen and oxygen atoms in total. The molecule has 0 aliphatic heterocycles. The standard InChI is InChI=1S/C7H4BrClF2O3S/c8-4-1-3(2-15(9,13)14)5(10)6(11)7(4)12/h1,12H,2H2. The van der Waals surface area contributed by atoms with Gasteiger partial charge in [-0.05, 0) is 22.0 Å². The molecular formula is C7H4BrClF2O3S. The van der Waals surface area contributed by atoms with Crippen molar-refractivity contribution in [2.45, 2.75) is 5.75 Å². The average molecular weight is 322 g/mol. The second-order valence-corrected chi connectivity index (χ2v) is 6.31. The molecule has 0 atom stereocenters. The molecule has 15 heavy (non-hydrogen) atoms. The molecule has 1 rings (SSSR count). The third-order valence-corrected chi connectivity index (χ3v) is 3.13. The number of hydrogen-bond donors (Lipinski definition) is 1. The number of phenolic OH excluding ortho intramolecular Hbond substituents is 1. The molecule has 0 bridgehead atoms. The topological polar surface area (TPSA) is 54.4 Å². The van der Waals surface area contributed by atoms with E-state index in [2.05, 4.69) is 15.9 Å². The third kappa shape index (κ3) is 3.02. The maximum atomic E-state index is 13.1. The van der Waals surface area contributed by atoms with Gasteiger partial charge in [0.15, 0.2) is 11.6 Å². The number of rotatable bonds is 2. The van der Waals surface area contributed by atoms with Crippen LogP contribution in [-0.2, 0) is 14.8 Å². The summed E-state index contributed by atoms with van der Waals surface area (Å²) in [5.74, 6) is -4.71. The zero-order valence-electron chi connectivity index (χ0n) is 6.97. The normalized spacial score (nSPS) is 11.7. The van der Waals surface area contributed by atoms with Gasteiger partial charge in [-0.3, -0.25) is 0 Å². The Balaban J connectivity index is 3.33. The number of aromatic hydroxyl groups is 1. The minimum Gasteiger partial charge on any atom is -0.504 e. The average Bonchev–Trinajstić information content (AvgIpc) is 2.08. The van der Waals surface area contributed by atoms with Gasteiger partial charge in [0, 0.05) is 16.2 Å². The van der Waals surface area contributed by atoms with Gasteiger partial charge in [-0.1, -0.05) is 0 Å². The molecule has 0 saturated heterocycles. The van der Waals surface area contributed by atoms with E-state index in [-0.39, 0.29) is 4.47 Å². The van der Waals surface area contributed by atoms with E-state index in [9.17, 15) is 17.2 Å². The second kappa shape index (κ2) is 4.23. The Labute approximate surface area is 97.2 Å². The first-order chi connectivity index (χ1) is 6.72. The maximum Gasteiger partial charge on any atom is 0.236 e. The van der Waals surface area contributed by atoms with Crippen molar-refractivity contribution >= 4 is 35.7 Å². The van der Waals surface area contributed by atoms with Crippen molar-refractivity contribution in [1.82, 2.24) is 0 Å². The van der Waals surface area contributed by atoms with Gasteiger partial charge in [0.05, 0.1) is 10.2 Å². The Kier molecular flexibility index (Phi) is 3.57. The van der Waals surface area contributed by atoms with Crippen LogP contribution < -0.4 is 0 Å². The van der Waals surface area contributed by atoms with E-state index in [0.29, 0.717) is 0 Å². The molecule has 1 aromatic rings. The lowest BCUT2D eigenvalue weighted by atomic mass is 10.2. The van der Waals surface area contributed by atoms with Gasteiger partial charge in [0.2, 0.25) is 14.9 Å². The van der Waals surface area contributed by atoms with Gasteiger partial charge >= 0.3 is 0 Å². The van der Waals surface area contributed by atoms with Crippen molar-refractivity contribution in [3.8, 4) is 5.75 Å². The summed E-state index contributed by atoms with van der Waals surface area (Å²) in [6.07, 6.45) is 0. The van der Waals surface area contributed by atoms with Crippen LogP contribution in [-0.4, -0.2) is 13.5 Å². The molecule has 0 spiro atoms. The Morgan fingerprint density at radius 1 is 1.40 bits per heavy atom. The molecule has 0 aliphatic rings. The van der Waals surface area contributed by atoms with E-state index in [4.69, 9.17) is 15.8 Å². The summed E-state index contributed by atoms with van der Waals surface area (Å²) in [7, 11) is 0.906. The number of benzene rings is 1. The fraction of sp³-hybridized carbons (Fsp3) is 0.143. The monoisotopic (exact) mass is 320 g/mol. The molecule has 0 radical (unpaired) electrons. The zero-order valence-corrected chi connectivity index (χ0v) is 10.1. The molecule has 0 saturated carbocycles. The van der Waals surface area contributed by atoms with Crippen molar-refractivity contribution in [3.05, 3.63) is 27.7 Å². The number of phenols is 1. The Bertz CT molecular complexity index is 503. The van der Waals surface area contributed by atoms with Crippen LogP contribution in [0.1, 0.15) is 5.56 Å². The third-order valence-electron chi connectivity index (χ3n) is 1.54. The van der Waals surface area contributed by atoms with Crippen molar-refractivity contribution in [2.24, 2.45) is 0 Å². The number of hydrogen-bond acceptors (Lipinski definition) is 3. The highest BCUT2D eigenvalue weighted by Gasteiger charge is 2.20. The Hall–Kier alpha value is -0.400. The van der Waals surface area contributed by atoms with E-state index < -0.39 is 37.8 Å². The predicted molar refractivity (Wildman–Crippen MR) is 54.2 cm³/mol. The summed E-state index contributed by atoms with van der Waals surface area (Å²) in [5, 5.41) is 8.97. The largest absolute Gasteiger partial charge is 0.504 e. The minimum atomic E-state index is -3.98. The van der Waals surface area contributed by atoms with Crippen molar-refractivity contribution in [2.75, 3.05) is 0 Å². The maximum absolute atomic E-state index is 13.1. The SMILES string of the molecule is O=S(=O)(Cl)Cc1cc(Br)c(O)c(F)c1F. The molecule has 1 N–H and O–H groups in total. The van der Waals surface area contributed by atoms with E-state index in [0.717, 1.165) is 6.07 Å². The van der Waals surface area contributed by atoms with Crippen molar-refractivity contribution < 1.29 is 22.3 Å². The summed E-state index contributed by atoms with van der Waals surface area (Å²) < 4.78 is 47.2. The lowest BCUT2D eigenvalue weighted by molar-refractivity contribution is 0.402. The summed E-state index contributed by atoms with van der Waals surface area (Å²) in [4.78, 5) is 0. The summed E-state index contributed by atoms with van der Waals surface area (Å²) in [6.45, 7) is 0. The first-order valence-electron chi connectivity index (χ1n) is 3.50. The number of halogens is 4. The Morgan fingerprint density at radius 2 is 1.93 bits per heavy atom. The summed E-state index contributed by atoms with van der Waals surface area (Å²) in [6, 6.07) is 0.952. The molecule has 84 valence electrons. The fourth-order valence-electron chi connectivity index (χ4n) is 0.925. The highest BCUT2D eigenvalue weighted by molar-refractivity contribution is 9.10. The predicted octanol–water partition coefficient (Wildman–Crippen LogP) is 2.50. The Morgan fingerprint density at radius 3 is 2.40 bits per heavy atom. The lowest BCUT2D eigenvalue weighted by Crippen LogP contribution is -2.01. The lowest BCUT2D eigenvalue weighted by Gasteiger charge is -2.05. The van der Waals surface area contributed by atoms with Crippen LogP contribution >= 0.6 is 26.6 Å². The molecule has 0 heterocycles. The van der Waals surface area contributed by atoms with Crippen LogP contribution in [0.2, 0.25) is 0 Å². The van der Waals surface area contributed by atoms with Gasteiger partial charge in [0.1, 0.15) is 0 Å². The van der Waals surface area contributed by atoms with Crippen LogP contribution in [0.5, 0.6) is 5.75 Å². The van der Waals surface area contributed by atoms with Gasteiger partial charge in [0.25, 0.3) is 0 Å². The van der Waals surface area contributed by atoms with Crippen LogP contribution in [0.15, 0.2) is 10.5 Å². The van der Waals surface area contributed by atoms with Crippen LogP contribution in [0.4, 0.5) is 8.78 Å². The van der Waals surface area contributed by atoms with Crippen molar-refractivity contribution in [3.63, 3.8) is 0 Å². The van der Waals surface area contributed by atoms with Gasteiger partial charge in [-0.2, -0.15) is 4.39 Å². The molecule has 8 heteroatoms. The van der Waals surface area contributed by atoms with E-state index in [1.54, 1.807) is 0 Å². The highest BCUT2D eigenvalue weighted by atomic mass is 79.9. The van der Waals surface area contributed by atoms with Crippen molar-refractivity contribution in [1.29, 1.82) is 0 Å². The first-order valence-corrected chi connectivity index (χ1v) is 6.77. The van der Waals surface area contributed by atoms with E-state index >= 15 is 0 Å². The fourth-order valence-corrected chi connectivity index (χ4v) is 2.31. The zero-order chi connectivity index (χ0) is 11.8. The van der Waals surface area contributed by atoms with E-state index in [1.165, 1.54) is 0 Å². The summed E-state index contributed by atoms with van der Waals surface area (Å²) in [5.41, 5.74) is -0.452. The minimum absolute atomic E-state index is 0.142. The van der Waals surface area contributed by atoms with Crippen LogP contribution in [0, 0.1) is 11.6 Å². The first kappa shape index (κ1) is 12.7.